The van der Waals surface area contributed by atoms with Gasteiger partial charge in [-0.25, -0.2) is 0 Å². The molecule has 0 saturated carbocycles. The summed E-state index contributed by atoms with van der Waals surface area (Å²) in [6.45, 7) is 8.63. The molecule has 0 radical (unpaired) electrons. The molecule has 1 heteroatoms. The lowest BCUT2D eigenvalue weighted by molar-refractivity contribution is 0.200. The average molecular weight is 170 g/mol. The van der Waals surface area contributed by atoms with E-state index in [4.69, 9.17) is 0 Å². The van der Waals surface area contributed by atoms with E-state index in [9.17, 15) is 5.11 Å². The third-order valence-electron chi connectivity index (χ3n) is 1.84. The maximum atomic E-state index is 9.36. The van der Waals surface area contributed by atoms with Crippen LogP contribution in [0.15, 0.2) is 12.2 Å². The van der Waals surface area contributed by atoms with Crippen LogP contribution in [-0.4, -0.2) is 11.2 Å². The first kappa shape index (κ1) is 11.7. The third kappa shape index (κ3) is 7.80. The summed E-state index contributed by atoms with van der Waals surface area (Å²) in [6.07, 6.45) is 6.69. The van der Waals surface area contributed by atoms with Crippen molar-refractivity contribution in [3.05, 3.63) is 12.2 Å². The molecule has 0 aliphatic rings. The summed E-state index contributed by atoms with van der Waals surface area (Å²) >= 11 is 0. The zero-order valence-corrected chi connectivity index (χ0v) is 8.80. The van der Waals surface area contributed by atoms with Gasteiger partial charge in [-0.15, -0.1) is 0 Å². The molecule has 0 aliphatic carbocycles. The maximum absolute atomic E-state index is 9.36. The van der Waals surface area contributed by atoms with E-state index < -0.39 is 0 Å². The van der Waals surface area contributed by atoms with Crippen LogP contribution >= 0.6 is 0 Å². The molecule has 0 saturated heterocycles. The number of aliphatic hydroxyl groups is 1. The van der Waals surface area contributed by atoms with Crippen LogP contribution < -0.4 is 0 Å². The van der Waals surface area contributed by atoms with Crippen molar-refractivity contribution >= 4 is 0 Å². The van der Waals surface area contributed by atoms with Crippen LogP contribution in [0.2, 0.25) is 0 Å². The topological polar surface area (TPSA) is 20.2 Å². The fraction of sp³-hybridized carbons (Fsp3) is 0.818. The Kier molecular flexibility index (Phi) is 5.23. The quantitative estimate of drug-likeness (QED) is 0.643. The van der Waals surface area contributed by atoms with Crippen LogP contribution in [0.5, 0.6) is 0 Å². The van der Waals surface area contributed by atoms with E-state index in [1.807, 2.05) is 19.1 Å². The molecule has 0 amide bonds. The molecule has 0 aromatic carbocycles. The standard InChI is InChI=1S/C11H22O/c1-5-7-10(12)8-6-9-11(2,3)4/h5,7,10,12H,6,8-9H2,1-4H3. The third-order valence-corrected chi connectivity index (χ3v) is 1.84. The number of rotatable bonds is 4. The largest absolute Gasteiger partial charge is 0.389 e. The van der Waals surface area contributed by atoms with Crippen molar-refractivity contribution in [3.8, 4) is 0 Å². The molecule has 1 nitrogen and oxygen atoms in total. The molecule has 1 unspecified atom stereocenters. The van der Waals surface area contributed by atoms with Gasteiger partial charge in [-0.1, -0.05) is 39.3 Å². The molecule has 12 heavy (non-hydrogen) atoms. The SMILES string of the molecule is CC=CC(O)CCCC(C)(C)C. The maximum Gasteiger partial charge on any atom is 0.0720 e. The van der Waals surface area contributed by atoms with Gasteiger partial charge >= 0.3 is 0 Å². The molecule has 1 N–H and O–H groups in total. The Labute approximate surface area is 76.5 Å². The molecule has 0 spiro atoms. The van der Waals surface area contributed by atoms with Crippen LogP contribution in [0.4, 0.5) is 0 Å². The van der Waals surface area contributed by atoms with E-state index in [1.54, 1.807) is 0 Å². The lowest BCUT2D eigenvalue weighted by Gasteiger charge is -2.18. The highest BCUT2D eigenvalue weighted by Crippen LogP contribution is 2.22. The van der Waals surface area contributed by atoms with Gasteiger partial charge in [-0.05, 0) is 25.2 Å². The summed E-state index contributed by atoms with van der Waals surface area (Å²) in [5.41, 5.74) is 0.398. The summed E-state index contributed by atoms with van der Waals surface area (Å²) in [5.74, 6) is 0. The van der Waals surface area contributed by atoms with E-state index in [1.165, 1.54) is 6.42 Å². The first-order chi connectivity index (χ1) is 5.45. The second-order valence-corrected chi connectivity index (χ2v) is 4.55. The zero-order chi connectivity index (χ0) is 9.61. The van der Waals surface area contributed by atoms with Crippen molar-refractivity contribution < 1.29 is 5.11 Å². The van der Waals surface area contributed by atoms with Gasteiger partial charge in [0.25, 0.3) is 0 Å². The second-order valence-electron chi connectivity index (χ2n) is 4.55. The monoisotopic (exact) mass is 170 g/mol. The molecule has 0 fully saturated rings. The fourth-order valence-electron chi connectivity index (χ4n) is 1.16. The van der Waals surface area contributed by atoms with Gasteiger partial charge in [0.15, 0.2) is 0 Å². The zero-order valence-electron chi connectivity index (χ0n) is 8.80. The van der Waals surface area contributed by atoms with Crippen molar-refractivity contribution in [2.45, 2.75) is 53.1 Å². The van der Waals surface area contributed by atoms with Gasteiger partial charge < -0.3 is 5.11 Å². The minimum absolute atomic E-state index is 0.239. The summed E-state index contributed by atoms with van der Waals surface area (Å²) in [7, 11) is 0. The van der Waals surface area contributed by atoms with E-state index in [0.29, 0.717) is 5.41 Å². The summed E-state index contributed by atoms with van der Waals surface area (Å²) in [4.78, 5) is 0. The van der Waals surface area contributed by atoms with Crippen molar-refractivity contribution in [3.63, 3.8) is 0 Å². The molecule has 1 atom stereocenters. The minimum Gasteiger partial charge on any atom is -0.389 e. The first-order valence-corrected chi connectivity index (χ1v) is 4.76. The Morgan fingerprint density at radius 3 is 2.33 bits per heavy atom. The summed E-state index contributed by atoms with van der Waals surface area (Å²) in [6, 6.07) is 0. The van der Waals surface area contributed by atoms with Gasteiger partial charge in [-0.2, -0.15) is 0 Å². The molecule has 0 rings (SSSR count). The minimum atomic E-state index is -0.239. The van der Waals surface area contributed by atoms with Crippen LogP contribution in [0.25, 0.3) is 0 Å². The smallest absolute Gasteiger partial charge is 0.0720 e. The van der Waals surface area contributed by atoms with Gasteiger partial charge in [0, 0.05) is 0 Å². The molecule has 0 bridgehead atoms. The van der Waals surface area contributed by atoms with Gasteiger partial charge in [0.1, 0.15) is 0 Å². The van der Waals surface area contributed by atoms with Crippen molar-refractivity contribution in [2.24, 2.45) is 5.41 Å². The number of hydrogen-bond acceptors (Lipinski definition) is 1. The summed E-state index contributed by atoms with van der Waals surface area (Å²) in [5, 5.41) is 9.36. The Morgan fingerprint density at radius 1 is 1.33 bits per heavy atom. The molecule has 72 valence electrons. The molecule has 0 aliphatic heterocycles. The van der Waals surface area contributed by atoms with Crippen LogP contribution in [-0.2, 0) is 0 Å². The Morgan fingerprint density at radius 2 is 1.92 bits per heavy atom. The van der Waals surface area contributed by atoms with Crippen molar-refractivity contribution in [2.75, 3.05) is 0 Å². The molecule has 0 heterocycles. The van der Waals surface area contributed by atoms with E-state index in [0.717, 1.165) is 12.8 Å². The van der Waals surface area contributed by atoms with E-state index in [-0.39, 0.29) is 6.10 Å². The fourth-order valence-corrected chi connectivity index (χ4v) is 1.16. The van der Waals surface area contributed by atoms with Crippen LogP contribution in [0.1, 0.15) is 47.0 Å². The van der Waals surface area contributed by atoms with Gasteiger partial charge in [0.05, 0.1) is 6.10 Å². The highest BCUT2D eigenvalue weighted by Gasteiger charge is 2.10. The highest BCUT2D eigenvalue weighted by molar-refractivity contribution is 4.85. The average Bonchev–Trinajstić information content (AvgIpc) is 1.84. The number of allylic oxidation sites excluding steroid dienone is 1. The normalized spacial score (nSPS) is 15.4. The van der Waals surface area contributed by atoms with E-state index in [2.05, 4.69) is 20.8 Å². The van der Waals surface area contributed by atoms with Crippen molar-refractivity contribution in [1.29, 1.82) is 0 Å². The molecular formula is C11H22O. The predicted molar refractivity (Wildman–Crippen MR) is 54.1 cm³/mol. The van der Waals surface area contributed by atoms with Gasteiger partial charge in [0.2, 0.25) is 0 Å². The number of hydrogen-bond donors (Lipinski definition) is 1. The highest BCUT2D eigenvalue weighted by atomic mass is 16.3. The lowest BCUT2D eigenvalue weighted by Crippen LogP contribution is -2.07. The van der Waals surface area contributed by atoms with Crippen molar-refractivity contribution in [1.82, 2.24) is 0 Å². The van der Waals surface area contributed by atoms with Gasteiger partial charge in [-0.3, -0.25) is 0 Å². The molecular weight excluding hydrogens is 148 g/mol. The predicted octanol–water partition coefficient (Wildman–Crippen LogP) is 3.14. The molecule has 0 aromatic rings. The number of aliphatic hydroxyl groups excluding tert-OH is 1. The summed E-state index contributed by atoms with van der Waals surface area (Å²) < 4.78 is 0. The van der Waals surface area contributed by atoms with E-state index >= 15 is 0 Å². The van der Waals surface area contributed by atoms with Crippen LogP contribution in [0.3, 0.4) is 0 Å². The Balaban J connectivity index is 3.43. The Hall–Kier alpha value is -0.300. The lowest BCUT2D eigenvalue weighted by atomic mass is 9.89. The molecule has 0 aromatic heterocycles. The Bertz CT molecular complexity index is 130. The second kappa shape index (κ2) is 5.36. The van der Waals surface area contributed by atoms with Crippen LogP contribution in [0, 0.1) is 5.41 Å². The first-order valence-electron chi connectivity index (χ1n) is 4.76.